The van der Waals surface area contributed by atoms with Crippen LogP contribution in [-0.4, -0.2) is 5.91 Å². The largest absolute Gasteiger partial charge is 0.324 e. The van der Waals surface area contributed by atoms with Gasteiger partial charge in [-0.1, -0.05) is 36.4 Å². The highest BCUT2D eigenvalue weighted by Gasteiger charge is 2.43. The summed E-state index contributed by atoms with van der Waals surface area (Å²) in [6, 6.07) is 17.9. The van der Waals surface area contributed by atoms with Crippen LogP contribution in [0.15, 0.2) is 59.5 Å². The van der Waals surface area contributed by atoms with Crippen LogP contribution in [0.5, 0.6) is 0 Å². The van der Waals surface area contributed by atoms with Crippen LogP contribution in [0.25, 0.3) is 0 Å². The van der Waals surface area contributed by atoms with Crippen molar-refractivity contribution in [3.63, 3.8) is 0 Å². The Hall–Kier alpha value is -1.74. The summed E-state index contributed by atoms with van der Waals surface area (Å²) in [7, 11) is 0. The SMILES string of the molecule is C[C@]1(Sc2ccccc2)C(=O)Nc2ccccc21. The van der Waals surface area contributed by atoms with Crippen LogP contribution >= 0.6 is 11.8 Å². The molecule has 0 unspecified atom stereocenters. The molecule has 2 nitrogen and oxygen atoms in total. The number of thioether (sulfide) groups is 1. The highest BCUT2D eigenvalue weighted by Crippen LogP contribution is 2.48. The van der Waals surface area contributed by atoms with Gasteiger partial charge in [0.1, 0.15) is 4.75 Å². The molecule has 0 saturated carbocycles. The Bertz CT molecular complexity index is 596. The fourth-order valence-electron chi connectivity index (χ4n) is 2.20. The number of benzene rings is 2. The second-order valence-corrected chi connectivity index (χ2v) is 5.94. The van der Waals surface area contributed by atoms with Crippen LogP contribution in [0.2, 0.25) is 0 Å². The molecule has 1 heterocycles. The van der Waals surface area contributed by atoms with E-state index in [0.29, 0.717) is 0 Å². The predicted molar refractivity (Wildman–Crippen MR) is 74.7 cm³/mol. The van der Waals surface area contributed by atoms with Crippen LogP contribution in [0.4, 0.5) is 5.69 Å². The lowest BCUT2D eigenvalue weighted by Gasteiger charge is -2.21. The summed E-state index contributed by atoms with van der Waals surface area (Å²) in [5.41, 5.74) is 1.98. The molecule has 0 bridgehead atoms. The summed E-state index contributed by atoms with van der Waals surface area (Å²) in [6.45, 7) is 1.98. The molecule has 0 aliphatic carbocycles. The van der Waals surface area contributed by atoms with Gasteiger partial charge >= 0.3 is 0 Å². The fourth-order valence-corrected chi connectivity index (χ4v) is 3.39. The third kappa shape index (κ3) is 1.71. The first kappa shape index (κ1) is 11.4. The Balaban J connectivity index is 2.02. The van der Waals surface area contributed by atoms with Gasteiger partial charge in [-0.3, -0.25) is 4.79 Å². The number of carbonyl (C=O) groups is 1. The minimum Gasteiger partial charge on any atom is -0.324 e. The normalized spacial score (nSPS) is 21.5. The van der Waals surface area contributed by atoms with Gasteiger partial charge < -0.3 is 5.32 Å². The summed E-state index contributed by atoms with van der Waals surface area (Å²) in [5, 5.41) is 2.95. The van der Waals surface area contributed by atoms with Gasteiger partial charge in [0.15, 0.2) is 0 Å². The Morgan fingerprint density at radius 1 is 1.00 bits per heavy atom. The van der Waals surface area contributed by atoms with Gasteiger partial charge in [0, 0.05) is 16.1 Å². The van der Waals surface area contributed by atoms with E-state index >= 15 is 0 Å². The molecular formula is C15H13NOS. The van der Waals surface area contributed by atoms with E-state index in [1.807, 2.05) is 61.5 Å². The van der Waals surface area contributed by atoms with Crippen molar-refractivity contribution in [2.24, 2.45) is 0 Å². The summed E-state index contributed by atoms with van der Waals surface area (Å²) in [5.74, 6) is 0.0533. The monoisotopic (exact) mass is 255 g/mol. The molecule has 90 valence electrons. The molecule has 0 spiro atoms. The maximum Gasteiger partial charge on any atom is 0.245 e. The Morgan fingerprint density at radius 3 is 2.44 bits per heavy atom. The first-order valence-electron chi connectivity index (χ1n) is 5.85. The van der Waals surface area contributed by atoms with Crippen LogP contribution in [0, 0.1) is 0 Å². The highest BCUT2D eigenvalue weighted by molar-refractivity contribution is 8.01. The van der Waals surface area contributed by atoms with E-state index < -0.39 is 4.75 Å². The van der Waals surface area contributed by atoms with E-state index in [4.69, 9.17) is 0 Å². The molecule has 18 heavy (non-hydrogen) atoms. The van der Waals surface area contributed by atoms with Gasteiger partial charge in [-0.05, 0) is 25.1 Å². The van der Waals surface area contributed by atoms with E-state index in [-0.39, 0.29) is 5.91 Å². The Morgan fingerprint density at radius 2 is 1.67 bits per heavy atom. The number of para-hydroxylation sites is 1. The van der Waals surface area contributed by atoms with Crippen LogP contribution in [0.1, 0.15) is 12.5 Å². The second-order valence-electron chi connectivity index (χ2n) is 4.45. The molecule has 1 N–H and O–H groups in total. The van der Waals surface area contributed by atoms with E-state index in [2.05, 4.69) is 5.32 Å². The van der Waals surface area contributed by atoms with Gasteiger partial charge in [0.05, 0.1) is 0 Å². The number of rotatable bonds is 2. The maximum atomic E-state index is 12.2. The molecule has 0 fully saturated rings. The number of fused-ring (bicyclic) bond motifs is 1. The van der Waals surface area contributed by atoms with Crippen molar-refractivity contribution in [3.05, 3.63) is 60.2 Å². The molecule has 1 aliphatic rings. The zero-order valence-electron chi connectivity index (χ0n) is 10.0. The smallest absolute Gasteiger partial charge is 0.245 e. The zero-order valence-corrected chi connectivity index (χ0v) is 10.8. The lowest BCUT2D eigenvalue weighted by atomic mass is 10.0. The molecule has 1 atom stereocenters. The van der Waals surface area contributed by atoms with Gasteiger partial charge in [0.2, 0.25) is 5.91 Å². The summed E-state index contributed by atoms with van der Waals surface area (Å²) < 4.78 is -0.544. The van der Waals surface area contributed by atoms with Crippen LogP contribution in [0.3, 0.4) is 0 Å². The second kappa shape index (κ2) is 4.18. The highest BCUT2D eigenvalue weighted by atomic mass is 32.2. The fraction of sp³-hybridized carbons (Fsp3) is 0.133. The minimum absolute atomic E-state index is 0.0533. The first-order chi connectivity index (χ1) is 8.70. The van der Waals surface area contributed by atoms with Gasteiger partial charge in [-0.15, -0.1) is 11.8 Å². The zero-order chi connectivity index (χ0) is 12.6. The minimum atomic E-state index is -0.544. The number of hydrogen-bond acceptors (Lipinski definition) is 2. The standard InChI is InChI=1S/C15H13NOS/c1-15(18-11-7-3-2-4-8-11)12-9-5-6-10-13(12)16-14(15)17/h2-10H,1H3,(H,16,17)/t15-/m1/s1. The number of carbonyl (C=O) groups excluding carboxylic acids is 1. The van der Waals surface area contributed by atoms with Crippen molar-refractivity contribution >= 4 is 23.4 Å². The lowest BCUT2D eigenvalue weighted by Crippen LogP contribution is -2.27. The molecule has 0 aromatic heterocycles. The molecule has 3 heteroatoms. The summed E-state index contributed by atoms with van der Waals surface area (Å²) >= 11 is 1.59. The van der Waals surface area contributed by atoms with Crippen molar-refractivity contribution in [3.8, 4) is 0 Å². The predicted octanol–water partition coefficient (Wildman–Crippen LogP) is 3.65. The van der Waals surface area contributed by atoms with Crippen LogP contribution in [-0.2, 0) is 9.54 Å². The van der Waals surface area contributed by atoms with Gasteiger partial charge in [-0.2, -0.15) is 0 Å². The summed E-state index contributed by atoms with van der Waals surface area (Å²) in [6.07, 6.45) is 0. The molecule has 0 radical (unpaired) electrons. The van der Waals surface area contributed by atoms with Crippen molar-refractivity contribution in [1.29, 1.82) is 0 Å². The third-order valence-electron chi connectivity index (χ3n) is 3.19. The average molecular weight is 255 g/mol. The van der Waals surface area contributed by atoms with E-state index in [1.165, 1.54) is 0 Å². The molecular weight excluding hydrogens is 242 g/mol. The van der Waals surface area contributed by atoms with Crippen LogP contribution < -0.4 is 5.32 Å². The number of amides is 1. The molecule has 1 amide bonds. The Labute approximate surface area is 110 Å². The lowest BCUT2D eigenvalue weighted by molar-refractivity contribution is -0.117. The van der Waals surface area contributed by atoms with Crippen molar-refractivity contribution < 1.29 is 4.79 Å². The van der Waals surface area contributed by atoms with Gasteiger partial charge in [-0.25, -0.2) is 0 Å². The number of nitrogens with one attached hydrogen (secondary N) is 1. The molecule has 3 rings (SSSR count). The topological polar surface area (TPSA) is 29.1 Å². The van der Waals surface area contributed by atoms with E-state index in [0.717, 1.165) is 16.1 Å². The third-order valence-corrected chi connectivity index (χ3v) is 4.51. The van der Waals surface area contributed by atoms with E-state index in [1.54, 1.807) is 11.8 Å². The van der Waals surface area contributed by atoms with E-state index in [9.17, 15) is 4.79 Å². The number of anilines is 1. The van der Waals surface area contributed by atoms with Crippen molar-refractivity contribution in [1.82, 2.24) is 0 Å². The average Bonchev–Trinajstić information content (AvgIpc) is 2.63. The van der Waals surface area contributed by atoms with Gasteiger partial charge in [0.25, 0.3) is 0 Å². The quantitative estimate of drug-likeness (QED) is 0.887. The molecule has 2 aromatic rings. The maximum absolute atomic E-state index is 12.2. The van der Waals surface area contributed by atoms with Crippen molar-refractivity contribution in [2.75, 3.05) is 5.32 Å². The van der Waals surface area contributed by atoms with Crippen molar-refractivity contribution in [2.45, 2.75) is 16.6 Å². The summed E-state index contributed by atoms with van der Waals surface area (Å²) in [4.78, 5) is 13.3. The molecule has 2 aromatic carbocycles. The Kier molecular flexibility index (Phi) is 2.63. The molecule has 0 saturated heterocycles. The molecule has 1 aliphatic heterocycles. The number of hydrogen-bond donors (Lipinski definition) is 1. The first-order valence-corrected chi connectivity index (χ1v) is 6.67.